The third kappa shape index (κ3) is 5.58. The molecule has 0 saturated carbocycles. The van der Waals surface area contributed by atoms with Crippen molar-refractivity contribution >= 4 is 29.2 Å². The van der Waals surface area contributed by atoms with Crippen molar-refractivity contribution in [2.45, 2.75) is 46.6 Å². The Hall–Kier alpha value is -3.68. The van der Waals surface area contributed by atoms with E-state index in [0.717, 1.165) is 48.6 Å². The molecule has 33 heavy (non-hydrogen) atoms. The SMILES string of the molecule is CC(=O)Nc1cccc(Nc2ncnc(N3CCC(Oc4ccc(C)c(C)c4)CC3)n2)c1C. The number of hydrogen-bond acceptors (Lipinski definition) is 7. The number of carbonyl (C=O) groups excluding carboxylic acids is 1. The van der Waals surface area contributed by atoms with Gasteiger partial charge in [0, 0.05) is 44.2 Å². The fourth-order valence-corrected chi connectivity index (χ4v) is 3.87. The monoisotopic (exact) mass is 446 g/mol. The predicted octanol–water partition coefficient (Wildman–Crippen LogP) is 4.55. The van der Waals surface area contributed by atoms with Crippen molar-refractivity contribution in [1.29, 1.82) is 0 Å². The van der Waals surface area contributed by atoms with Gasteiger partial charge in [-0.05, 0) is 61.7 Å². The zero-order chi connectivity index (χ0) is 23.4. The highest BCUT2D eigenvalue weighted by Crippen LogP contribution is 2.27. The molecule has 0 unspecified atom stereocenters. The zero-order valence-electron chi connectivity index (χ0n) is 19.6. The first kappa shape index (κ1) is 22.5. The van der Waals surface area contributed by atoms with Crippen LogP contribution < -0.4 is 20.3 Å². The van der Waals surface area contributed by atoms with Gasteiger partial charge < -0.3 is 20.3 Å². The van der Waals surface area contributed by atoms with Crippen molar-refractivity contribution in [3.63, 3.8) is 0 Å². The molecule has 0 bridgehead atoms. The number of amides is 1. The van der Waals surface area contributed by atoms with E-state index in [1.54, 1.807) is 0 Å². The van der Waals surface area contributed by atoms with Crippen LogP contribution in [0.1, 0.15) is 36.5 Å². The Labute approximate surface area is 194 Å². The maximum Gasteiger partial charge on any atom is 0.232 e. The van der Waals surface area contributed by atoms with Crippen molar-refractivity contribution < 1.29 is 9.53 Å². The molecule has 2 aromatic carbocycles. The van der Waals surface area contributed by atoms with Crippen molar-refractivity contribution in [3.8, 4) is 5.75 Å². The molecule has 0 aliphatic carbocycles. The fraction of sp³-hybridized carbons (Fsp3) is 0.360. The number of aryl methyl sites for hydroxylation is 2. The number of nitrogens with one attached hydrogen (secondary N) is 2. The number of ether oxygens (including phenoxy) is 1. The van der Waals surface area contributed by atoms with Gasteiger partial charge in [-0.25, -0.2) is 9.97 Å². The van der Waals surface area contributed by atoms with Crippen LogP contribution in [0.2, 0.25) is 0 Å². The third-order valence-electron chi connectivity index (χ3n) is 5.96. The van der Waals surface area contributed by atoms with E-state index in [9.17, 15) is 4.79 Å². The van der Waals surface area contributed by atoms with Crippen molar-refractivity contribution in [1.82, 2.24) is 15.0 Å². The predicted molar refractivity (Wildman–Crippen MR) is 130 cm³/mol. The molecule has 1 amide bonds. The Morgan fingerprint density at radius 3 is 2.52 bits per heavy atom. The third-order valence-corrected chi connectivity index (χ3v) is 5.96. The summed E-state index contributed by atoms with van der Waals surface area (Å²) in [7, 11) is 0. The van der Waals surface area contributed by atoms with Crippen LogP contribution in [-0.4, -0.2) is 40.1 Å². The molecule has 1 saturated heterocycles. The molecule has 3 aromatic rings. The summed E-state index contributed by atoms with van der Waals surface area (Å²) in [6.07, 6.45) is 3.51. The summed E-state index contributed by atoms with van der Waals surface area (Å²) in [6, 6.07) is 11.9. The number of anilines is 4. The van der Waals surface area contributed by atoms with E-state index in [1.807, 2.05) is 31.2 Å². The van der Waals surface area contributed by atoms with Crippen LogP contribution in [0.3, 0.4) is 0 Å². The minimum Gasteiger partial charge on any atom is -0.490 e. The Morgan fingerprint density at radius 1 is 1.03 bits per heavy atom. The van der Waals surface area contributed by atoms with Crippen LogP contribution in [0.5, 0.6) is 5.75 Å². The average molecular weight is 447 g/mol. The van der Waals surface area contributed by atoms with Gasteiger partial charge in [0.2, 0.25) is 17.8 Å². The number of benzene rings is 2. The summed E-state index contributed by atoms with van der Waals surface area (Å²) in [6.45, 7) is 9.28. The molecular weight excluding hydrogens is 416 g/mol. The van der Waals surface area contributed by atoms with Gasteiger partial charge in [-0.1, -0.05) is 12.1 Å². The Morgan fingerprint density at radius 2 is 1.79 bits per heavy atom. The summed E-state index contributed by atoms with van der Waals surface area (Å²) in [5.74, 6) is 1.94. The van der Waals surface area contributed by atoms with Gasteiger partial charge in [-0.3, -0.25) is 4.79 Å². The first-order valence-electron chi connectivity index (χ1n) is 11.2. The van der Waals surface area contributed by atoms with Gasteiger partial charge in [0.05, 0.1) is 0 Å². The molecule has 8 nitrogen and oxygen atoms in total. The van der Waals surface area contributed by atoms with E-state index in [-0.39, 0.29) is 12.0 Å². The Bertz CT molecular complexity index is 1140. The average Bonchev–Trinajstić information content (AvgIpc) is 2.79. The van der Waals surface area contributed by atoms with E-state index in [1.165, 1.54) is 24.4 Å². The number of piperidine rings is 1. The quantitative estimate of drug-likeness (QED) is 0.574. The first-order valence-corrected chi connectivity index (χ1v) is 11.2. The number of hydrogen-bond donors (Lipinski definition) is 2. The summed E-state index contributed by atoms with van der Waals surface area (Å²) in [5.41, 5.74) is 5.02. The van der Waals surface area contributed by atoms with E-state index in [2.05, 4.69) is 56.5 Å². The molecule has 0 radical (unpaired) electrons. The van der Waals surface area contributed by atoms with Gasteiger partial charge in [0.25, 0.3) is 0 Å². The van der Waals surface area contributed by atoms with Crippen LogP contribution in [0, 0.1) is 20.8 Å². The van der Waals surface area contributed by atoms with Crippen LogP contribution in [-0.2, 0) is 4.79 Å². The van der Waals surface area contributed by atoms with Crippen molar-refractivity contribution in [2.24, 2.45) is 0 Å². The van der Waals surface area contributed by atoms with Crippen LogP contribution in [0.4, 0.5) is 23.3 Å². The lowest BCUT2D eigenvalue weighted by Gasteiger charge is -2.32. The molecule has 1 fully saturated rings. The molecule has 1 aliphatic rings. The largest absolute Gasteiger partial charge is 0.490 e. The second-order valence-electron chi connectivity index (χ2n) is 8.44. The lowest BCUT2D eigenvalue weighted by molar-refractivity contribution is -0.114. The van der Waals surface area contributed by atoms with E-state index in [4.69, 9.17) is 4.74 Å². The summed E-state index contributed by atoms with van der Waals surface area (Å²) < 4.78 is 6.21. The maximum atomic E-state index is 11.4. The highest BCUT2D eigenvalue weighted by atomic mass is 16.5. The highest BCUT2D eigenvalue weighted by molar-refractivity contribution is 5.90. The van der Waals surface area contributed by atoms with Gasteiger partial charge in [-0.15, -0.1) is 0 Å². The summed E-state index contributed by atoms with van der Waals surface area (Å²) in [4.78, 5) is 26.9. The molecule has 2 N–H and O–H groups in total. The number of rotatable bonds is 6. The van der Waals surface area contributed by atoms with Gasteiger partial charge in [0.1, 0.15) is 18.2 Å². The minimum absolute atomic E-state index is 0.109. The maximum absolute atomic E-state index is 11.4. The van der Waals surface area contributed by atoms with Crippen LogP contribution in [0.15, 0.2) is 42.7 Å². The normalized spacial score (nSPS) is 14.1. The molecule has 0 atom stereocenters. The highest BCUT2D eigenvalue weighted by Gasteiger charge is 2.23. The zero-order valence-corrected chi connectivity index (χ0v) is 19.6. The molecule has 2 heterocycles. The van der Waals surface area contributed by atoms with Crippen LogP contribution >= 0.6 is 0 Å². The first-order chi connectivity index (χ1) is 15.9. The number of carbonyl (C=O) groups is 1. The molecule has 172 valence electrons. The van der Waals surface area contributed by atoms with Gasteiger partial charge in [0.15, 0.2) is 0 Å². The number of nitrogens with zero attached hydrogens (tertiary/aromatic N) is 4. The lowest BCUT2D eigenvalue weighted by Crippen LogP contribution is -2.39. The fourth-order valence-electron chi connectivity index (χ4n) is 3.87. The second kappa shape index (κ2) is 9.85. The minimum atomic E-state index is -0.109. The topological polar surface area (TPSA) is 92.3 Å². The number of aromatic nitrogens is 3. The smallest absolute Gasteiger partial charge is 0.232 e. The second-order valence-corrected chi connectivity index (χ2v) is 8.44. The summed E-state index contributed by atoms with van der Waals surface area (Å²) in [5, 5.41) is 6.09. The Kier molecular flexibility index (Phi) is 6.72. The molecule has 1 aliphatic heterocycles. The van der Waals surface area contributed by atoms with Gasteiger partial charge >= 0.3 is 0 Å². The summed E-state index contributed by atoms with van der Waals surface area (Å²) >= 11 is 0. The standard InChI is InChI=1S/C25H30N6O2/c1-16-8-9-21(14-17(16)2)33-20-10-12-31(13-11-20)25-27-15-26-24(30-25)29-23-7-5-6-22(18(23)3)28-19(4)32/h5-9,14-15,20H,10-13H2,1-4H3,(H,28,32)(H,26,27,29,30). The molecule has 1 aromatic heterocycles. The molecule has 8 heteroatoms. The van der Waals surface area contributed by atoms with E-state index in [0.29, 0.717) is 11.9 Å². The van der Waals surface area contributed by atoms with Crippen LogP contribution in [0.25, 0.3) is 0 Å². The molecular formula is C25H30N6O2. The molecule has 4 rings (SSSR count). The van der Waals surface area contributed by atoms with E-state index >= 15 is 0 Å². The van der Waals surface area contributed by atoms with Crippen molar-refractivity contribution in [2.75, 3.05) is 28.6 Å². The van der Waals surface area contributed by atoms with E-state index < -0.39 is 0 Å². The van der Waals surface area contributed by atoms with Crippen molar-refractivity contribution in [3.05, 3.63) is 59.4 Å². The molecule has 0 spiro atoms. The lowest BCUT2D eigenvalue weighted by atomic mass is 10.1. The Balaban J connectivity index is 1.39. The van der Waals surface area contributed by atoms with Gasteiger partial charge in [-0.2, -0.15) is 4.98 Å².